The number of fused-ring (bicyclic) bond motifs is 3. The maximum atomic E-state index is 11.9. The molecule has 1 unspecified atom stereocenters. The van der Waals surface area contributed by atoms with Crippen molar-refractivity contribution in [3.8, 4) is 23.1 Å². The van der Waals surface area contributed by atoms with Gasteiger partial charge in [0.05, 0.1) is 12.1 Å². The third kappa shape index (κ3) is 2.32. The molecule has 7 heteroatoms. The van der Waals surface area contributed by atoms with Crippen LogP contribution in [0.15, 0.2) is 29.1 Å². The number of carbonyl (C=O) groups is 1. The van der Waals surface area contributed by atoms with E-state index in [1.165, 1.54) is 6.07 Å². The standard InChI is InChI=1S/C15H10ClN3O3/c16-8-1-2-11-10(4-8)14-9(12(22-11)5-13(18)20)3-7(6-17)15(21)19-14/h1-4,12H,5H2,(H2,18,20)(H,19,21). The van der Waals surface area contributed by atoms with E-state index in [4.69, 9.17) is 27.3 Å². The lowest BCUT2D eigenvalue weighted by Crippen LogP contribution is -2.24. The van der Waals surface area contributed by atoms with Gasteiger partial charge in [-0.25, -0.2) is 0 Å². The van der Waals surface area contributed by atoms with Crippen molar-refractivity contribution in [2.24, 2.45) is 5.73 Å². The molecule has 0 saturated carbocycles. The van der Waals surface area contributed by atoms with Gasteiger partial charge in [-0.1, -0.05) is 11.6 Å². The van der Waals surface area contributed by atoms with Gasteiger partial charge in [-0.05, 0) is 24.3 Å². The van der Waals surface area contributed by atoms with Gasteiger partial charge in [0.2, 0.25) is 5.91 Å². The van der Waals surface area contributed by atoms with E-state index in [1.54, 1.807) is 18.2 Å². The molecule has 0 radical (unpaired) electrons. The molecule has 0 bridgehead atoms. The summed E-state index contributed by atoms with van der Waals surface area (Å²) in [6, 6.07) is 8.19. The minimum absolute atomic E-state index is 0.0534. The lowest BCUT2D eigenvalue weighted by molar-refractivity contribution is -0.119. The van der Waals surface area contributed by atoms with E-state index < -0.39 is 17.6 Å². The van der Waals surface area contributed by atoms with E-state index in [0.717, 1.165) is 0 Å². The van der Waals surface area contributed by atoms with Crippen LogP contribution in [0.3, 0.4) is 0 Å². The number of nitrogens with zero attached hydrogens (tertiary/aromatic N) is 1. The van der Waals surface area contributed by atoms with Gasteiger partial charge in [0.25, 0.3) is 5.56 Å². The molecule has 0 fully saturated rings. The highest BCUT2D eigenvalue weighted by atomic mass is 35.5. The first-order chi connectivity index (χ1) is 10.5. The van der Waals surface area contributed by atoms with Crippen molar-refractivity contribution in [2.75, 3.05) is 0 Å². The molecule has 110 valence electrons. The van der Waals surface area contributed by atoms with Crippen LogP contribution in [0.25, 0.3) is 11.3 Å². The first-order valence-corrected chi connectivity index (χ1v) is 6.79. The smallest absolute Gasteiger partial charge is 0.266 e. The first-order valence-electron chi connectivity index (χ1n) is 6.42. The molecule has 0 spiro atoms. The Balaban J connectivity index is 2.27. The van der Waals surface area contributed by atoms with Crippen molar-refractivity contribution in [3.05, 3.63) is 50.8 Å². The van der Waals surface area contributed by atoms with E-state index in [0.29, 0.717) is 27.6 Å². The molecule has 1 aliphatic rings. The summed E-state index contributed by atoms with van der Waals surface area (Å²) in [6.07, 6.45) is -0.725. The number of nitrogens with two attached hydrogens (primary N) is 1. The minimum Gasteiger partial charge on any atom is -0.484 e. The number of pyridine rings is 1. The summed E-state index contributed by atoms with van der Waals surface area (Å²) in [5.41, 5.74) is 6.31. The molecule has 3 N–H and O–H groups in total. The topological polar surface area (TPSA) is 109 Å². The van der Waals surface area contributed by atoms with Crippen LogP contribution in [0.4, 0.5) is 0 Å². The number of nitrogens with one attached hydrogen (secondary N) is 1. The van der Waals surface area contributed by atoms with Gasteiger partial charge in [-0.15, -0.1) is 0 Å². The summed E-state index contributed by atoms with van der Waals surface area (Å²) in [5.74, 6) is -0.0541. The summed E-state index contributed by atoms with van der Waals surface area (Å²) in [4.78, 5) is 25.8. The summed E-state index contributed by atoms with van der Waals surface area (Å²) < 4.78 is 5.77. The largest absolute Gasteiger partial charge is 0.484 e. The Morgan fingerprint density at radius 2 is 2.23 bits per heavy atom. The van der Waals surface area contributed by atoms with Crippen LogP contribution in [0.1, 0.15) is 23.7 Å². The van der Waals surface area contributed by atoms with Crippen LogP contribution in [-0.2, 0) is 4.79 Å². The van der Waals surface area contributed by atoms with E-state index in [2.05, 4.69) is 4.98 Å². The Morgan fingerprint density at radius 3 is 2.91 bits per heavy atom. The van der Waals surface area contributed by atoms with Crippen molar-refractivity contribution >= 4 is 17.5 Å². The highest BCUT2D eigenvalue weighted by Gasteiger charge is 2.29. The summed E-state index contributed by atoms with van der Waals surface area (Å²) in [5, 5.41) is 9.48. The normalized spacial score (nSPS) is 15.2. The number of carbonyl (C=O) groups excluding carboxylic acids is 1. The second-order valence-corrected chi connectivity index (χ2v) is 5.31. The second kappa shape index (κ2) is 5.20. The van der Waals surface area contributed by atoms with Crippen molar-refractivity contribution in [1.29, 1.82) is 5.26 Å². The van der Waals surface area contributed by atoms with Crippen LogP contribution in [0.2, 0.25) is 5.02 Å². The van der Waals surface area contributed by atoms with Crippen LogP contribution >= 0.6 is 11.6 Å². The molecule has 2 heterocycles. The van der Waals surface area contributed by atoms with Crippen LogP contribution in [0.5, 0.6) is 5.75 Å². The number of hydrogen-bond acceptors (Lipinski definition) is 4. The number of nitriles is 1. The van der Waals surface area contributed by atoms with E-state index in [9.17, 15) is 9.59 Å². The monoisotopic (exact) mass is 315 g/mol. The molecular formula is C15H10ClN3O3. The second-order valence-electron chi connectivity index (χ2n) is 4.87. The van der Waals surface area contributed by atoms with Gasteiger partial charge in [-0.3, -0.25) is 9.59 Å². The number of H-pyrrole nitrogens is 1. The number of primary amides is 1. The predicted molar refractivity (Wildman–Crippen MR) is 79.4 cm³/mol. The van der Waals surface area contributed by atoms with Crippen LogP contribution in [0, 0.1) is 11.3 Å². The van der Waals surface area contributed by atoms with E-state index in [-0.39, 0.29) is 12.0 Å². The van der Waals surface area contributed by atoms with Crippen molar-refractivity contribution in [1.82, 2.24) is 4.98 Å². The molecule has 0 aliphatic carbocycles. The van der Waals surface area contributed by atoms with E-state index >= 15 is 0 Å². The van der Waals surface area contributed by atoms with Gasteiger partial charge < -0.3 is 15.5 Å². The Morgan fingerprint density at radius 1 is 1.45 bits per heavy atom. The number of benzene rings is 1. The Kier molecular flexibility index (Phi) is 3.35. The number of hydrogen-bond donors (Lipinski definition) is 2. The Hall–Kier alpha value is -2.78. The fraction of sp³-hybridized carbons (Fsp3) is 0.133. The number of aromatic nitrogens is 1. The van der Waals surface area contributed by atoms with Crippen molar-refractivity contribution in [3.63, 3.8) is 0 Å². The average molecular weight is 316 g/mol. The lowest BCUT2D eigenvalue weighted by Gasteiger charge is -2.28. The fourth-order valence-corrected chi connectivity index (χ4v) is 2.63. The lowest BCUT2D eigenvalue weighted by atomic mass is 9.94. The maximum Gasteiger partial charge on any atom is 0.266 e. The Labute approximate surface area is 130 Å². The predicted octanol–water partition coefficient (Wildman–Crippen LogP) is 1.88. The van der Waals surface area contributed by atoms with Gasteiger partial charge in [0.15, 0.2) is 0 Å². The SMILES string of the molecule is N#Cc1cc2c([nH]c1=O)-c1cc(Cl)ccc1OC2CC(N)=O. The number of amides is 1. The van der Waals surface area contributed by atoms with Crippen molar-refractivity contribution in [2.45, 2.75) is 12.5 Å². The molecule has 1 aliphatic heterocycles. The highest BCUT2D eigenvalue weighted by molar-refractivity contribution is 6.31. The molecule has 22 heavy (non-hydrogen) atoms. The zero-order valence-electron chi connectivity index (χ0n) is 11.2. The molecule has 2 aromatic rings. The summed E-state index contributed by atoms with van der Waals surface area (Å²) in [7, 11) is 0. The zero-order chi connectivity index (χ0) is 15.9. The number of ether oxygens (including phenoxy) is 1. The molecule has 1 aromatic carbocycles. The first kappa shape index (κ1) is 14.2. The number of aromatic amines is 1. The van der Waals surface area contributed by atoms with Gasteiger partial charge in [0, 0.05) is 16.1 Å². The van der Waals surface area contributed by atoms with Gasteiger partial charge >= 0.3 is 0 Å². The number of halogens is 1. The molecule has 1 amide bonds. The van der Waals surface area contributed by atoms with Crippen LogP contribution in [-0.4, -0.2) is 10.9 Å². The number of rotatable bonds is 2. The quantitative estimate of drug-likeness (QED) is 0.881. The highest BCUT2D eigenvalue weighted by Crippen LogP contribution is 2.43. The molecular weight excluding hydrogens is 306 g/mol. The van der Waals surface area contributed by atoms with E-state index in [1.807, 2.05) is 6.07 Å². The third-order valence-electron chi connectivity index (χ3n) is 3.41. The molecule has 1 atom stereocenters. The minimum atomic E-state index is -0.662. The zero-order valence-corrected chi connectivity index (χ0v) is 12.0. The average Bonchev–Trinajstić information content (AvgIpc) is 2.47. The van der Waals surface area contributed by atoms with Gasteiger partial charge in [-0.2, -0.15) is 5.26 Å². The van der Waals surface area contributed by atoms with Crippen molar-refractivity contribution < 1.29 is 9.53 Å². The third-order valence-corrected chi connectivity index (χ3v) is 3.64. The van der Waals surface area contributed by atoms with Crippen LogP contribution < -0.4 is 16.0 Å². The molecule has 0 saturated heterocycles. The summed E-state index contributed by atoms with van der Waals surface area (Å²) in [6.45, 7) is 0. The maximum absolute atomic E-state index is 11.9. The fourth-order valence-electron chi connectivity index (χ4n) is 2.46. The Bertz CT molecular complexity index is 883. The van der Waals surface area contributed by atoms with Gasteiger partial charge in [0.1, 0.15) is 23.5 Å². The molecule has 1 aromatic heterocycles. The molecule has 6 nitrogen and oxygen atoms in total. The molecule has 3 rings (SSSR count). The summed E-state index contributed by atoms with van der Waals surface area (Å²) >= 11 is 5.99.